The summed E-state index contributed by atoms with van der Waals surface area (Å²) in [5.74, 6) is -2.28. The lowest BCUT2D eigenvalue weighted by atomic mass is 10.3. The molecule has 0 rings (SSSR count). The highest BCUT2D eigenvalue weighted by Crippen LogP contribution is 2.03. The second-order valence-electron chi connectivity index (χ2n) is 3.90. The number of rotatable bonds is 9. The first-order valence-corrected chi connectivity index (χ1v) is 7.16. The van der Waals surface area contributed by atoms with Gasteiger partial charge in [0.1, 0.15) is 6.04 Å². The molecular formula is C11H19N3O6S. The van der Waals surface area contributed by atoms with Gasteiger partial charge in [0.05, 0.1) is 12.4 Å². The maximum atomic E-state index is 11.4. The molecule has 9 nitrogen and oxygen atoms in total. The third kappa shape index (κ3) is 10.6. The zero-order chi connectivity index (χ0) is 16.3. The number of carboxylic acids is 1. The summed E-state index contributed by atoms with van der Waals surface area (Å²) < 4.78 is 4.72. The molecule has 0 radical (unpaired) electrons. The number of imide groups is 1. The first-order chi connectivity index (χ1) is 9.86. The number of hydrogen-bond acceptors (Lipinski definition) is 6. The van der Waals surface area contributed by atoms with Crippen molar-refractivity contribution in [3.05, 3.63) is 0 Å². The second-order valence-corrected chi connectivity index (χ2v) is 4.93. The summed E-state index contributed by atoms with van der Waals surface area (Å²) in [6.45, 7) is 1.80. The van der Waals surface area contributed by atoms with E-state index in [4.69, 9.17) is 9.84 Å². The van der Waals surface area contributed by atoms with E-state index in [9.17, 15) is 19.2 Å². The number of thioether (sulfide) groups is 1. The molecule has 120 valence electrons. The second kappa shape index (κ2) is 10.9. The fourth-order valence-corrected chi connectivity index (χ4v) is 2.00. The molecule has 0 fully saturated rings. The zero-order valence-electron chi connectivity index (χ0n) is 11.8. The molecule has 0 aromatic carbocycles. The van der Waals surface area contributed by atoms with Crippen LogP contribution in [-0.4, -0.2) is 66.7 Å². The van der Waals surface area contributed by atoms with E-state index in [1.165, 1.54) is 14.0 Å². The lowest BCUT2D eigenvalue weighted by Gasteiger charge is -2.12. The molecular weight excluding hydrogens is 302 g/mol. The highest BCUT2D eigenvalue weighted by atomic mass is 32.2. The number of amides is 4. The molecule has 0 aromatic rings. The molecule has 0 aliphatic carbocycles. The molecule has 0 spiro atoms. The first kappa shape index (κ1) is 19.2. The first-order valence-electron chi connectivity index (χ1n) is 6.01. The summed E-state index contributed by atoms with van der Waals surface area (Å²) in [4.78, 5) is 44.3. The Hall–Kier alpha value is -1.81. The van der Waals surface area contributed by atoms with Crippen molar-refractivity contribution in [2.24, 2.45) is 0 Å². The standard InChI is InChI=1S/C11H19N3O6S/c1-7(15)13-8(10(17)18)5-21-6-9(16)14-11(19)12-3-4-20-2/h8H,3-6H2,1-2H3,(H,13,15)(H,17,18)(H2,12,14,16,19). The van der Waals surface area contributed by atoms with Crippen molar-refractivity contribution in [2.45, 2.75) is 13.0 Å². The highest BCUT2D eigenvalue weighted by Gasteiger charge is 2.19. The Bertz CT molecular complexity index is 390. The molecule has 0 aromatic heterocycles. The van der Waals surface area contributed by atoms with E-state index in [1.54, 1.807) is 0 Å². The van der Waals surface area contributed by atoms with Gasteiger partial charge in [-0.1, -0.05) is 0 Å². The minimum atomic E-state index is -1.18. The number of urea groups is 1. The molecule has 0 heterocycles. The van der Waals surface area contributed by atoms with Crippen LogP contribution in [0.5, 0.6) is 0 Å². The number of methoxy groups -OCH3 is 1. The van der Waals surface area contributed by atoms with Gasteiger partial charge in [0.15, 0.2) is 0 Å². The molecule has 0 aliphatic rings. The fraction of sp³-hybridized carbons (Fsp3) is 0.636. The van der Waals surface area contributed by atoms with E-state index >= 15 is 0 Å². The van der Waals surface area contributed by atoms with Crippen molar-refractivity contribution in [3.8, 4) is 0 Å². The molecule has 1 unspecified atom stereocenters. The molecule has 4 N–H and O–H groups in total. The van der Waals surface area contributed by atoms with Crippen molar-refractivity contribution in [3.63, 3.8) is 0 Å². The van der Waals surface area contributed by atoms with Crippen LogP contribution in [0.4, 0.5) is 4.79 Å². The number of aliphatic carboxylic acids is 1. The Morgan fingerprint density at radius 2 is 1.95 bits per heavy atom. The van der Waals surface area contributed by atoms with Crippen molar-refractivity contribution in [1.82, 2.24) is 16.0 Å². The van der Waals surface area contributed by atoms with E-state index < -0.39 is 29.9 Å². The van der Waals surface area contributed by atoms with Gasteiger partial charge in [0.25, 0.3) is 0 Å². The molecule has 0 saturated carbocycles. The smallest absolute Gasteiger partial charge is 0.327 e. The van der Waals surface area contributed by atoms with E-state index in [1.807, 2.05) is 0 Å². The predicted octanol–water partition coefficient (Wildman–Crippen LogP) is -1.22. The number of hydrogen-bond donors (Lipinski definition) is 4. The van der Waals surface area contributed by atoms with Crippen LogP contribution in [-0.2, 0) is 19.1 Å². The van der Waals surface area contributed by atoms with E-state index in [0.29, 0.717) is 6.61 Å². The van der Waals surface area contributed by atoms with Crippen LogP contribution in [0.15, 0.2) is 0 Å². The summed E-state index contributed by atoms with van der Waals surface area (Å²) >= 11 is 0.998. The number of carbonyl (C=O) groups is 4. The third-order valence-corrected chi connectivity index (χ3v) is 3.07. The lowest BCUT2D eigenvalue weighted by molar-refractivity contribution is -0.140. The molecule has 10 heteroatoms. The lowest BCUT2D eigenvalue weighted by Crippen LogP contribution is -2.43. The fourth-order valence-electron chi connectivity index (χ4n) is 1.16. The monoisotopic (exact) mass is 321 g/mol. The van der Waals surface area contributed by atoms with Gasteiger partial charge in [-0.2, -0.15) is 0 Å². The largest absolute Gasteiger partial charge is 0.480 e. The third-order valence-electron chi connectivity index (χ3n) is 2.04. The van der Waals surface area contributed by atoms with E-state index in [0.717, 1.165) is 11.8 Å². The topological polar surface area (TPSA) is 134 Å². The van der Waals surface area contributed by atoms with Crippen LogP contribution in [0.1, 0.15) is 6.92 Å². The molecule has 1 atom stereocenters. The Morgan fingerprint density at radius 1 is 1.29 bits per heavy atom. The number of nitrogens with one attached hydrogen (secondary N) is 3. The number of ether oxygens (including phenoxy) is 1. The summed E-state index contributed by atoms with van der Waals surface area (Å²) in [5.41, 5.74) is 0. The van der Waals surface area contributed by atoms with Gasteiger partial charge in [0.2, 0.25) is 11.8 Å². The Balaban J connectivity index is 3.93. The van der Waals surface area contributed by atoms with Crippen LogP contribution in [0.3, 0.4) is 0 Å². The molecule has 0 saturated heterocycles. The quantitative estimate of drug-likeness (QED) is 0.391. The Labute approximate surface area is 126 Å². The SMILES string of the molecule is COCCNC(=O)NC(=O)CSCC(NC(C)=O)C(=O)O. The normalized spacial score (nSPS) is 11.3. The van der Waals surface area contributed by atoms with Crippen molar-refractivity contribution < 1.29 is 29.0 Å². The van der Waals surface area contributed by atoms with Gasteiger partial charge in [-0.25, -0.2) is 9.59 Å². The minimum Gasteiger partial charge on any atom is -0.480 e. The van der Waals surface area contributed by atoms with Crippen LogP contribution in [0, 0.1) is 0 Å². The summed E-state index contributed by atoms with van der Waals surface area (Å²) in [5, 5.41) is 15.6. The van der Waals surface area contributed by atoms with Gasteiger partial charge in [-0.05, 0) is 0 Å². The number of carbonyl (C=O) groups excluding carboxylic acids is 3. The summed E-state index contributed by atoms with van der Waals surface area (Å²) in [6.07, 6.45) is 0. The highest BCUT2D eigenvalue weighted by molar-refractivity contribution is 8.00. The van der Waals surface area contributed by atoms with Crippen LogP contribution in [0.25, 0.3) is 0 Å². The summed E-state index contributed by atoms with van der Waals surface area (Å²) in [7, 11) is 1.48. The van der Waals surface area contributed by atoms with Gasteiger partial charge in [-0.15, -0.1) is 11.8 Å². The van der Waals surface area contributed by atoms with Gasteiger partial charge in [0, 0.05) is 26.3 Å². The molecule has 0 aliphatic heterocycles. The van der Waals surface area contributed by atoms with Crippen LogP contribution < -0.4 is 16.0 Å². The van der Waals surface area contributed by atoms with Gasteiger partial charge >= 0.3 is 12.0 Å². The van der Waals surface area contributed by atoms with Crippen LogP contribution in [0.2, 0.25) is 0 Å². The molecule has 4 amide bonds. The predicted molar refractivity (Wildman–Crippen MR) is 76.0 cm³/mol. The Morgan fingerprint density at radius 3 is 2.48 bits per heavy atom. The average Bonchev–Trinajstić information content (AvgIpc) is 2.37. The molecule has 0 bridgehead atoms. The Kier molecular flexibility index (Phi) is 9.98. The maximum absolute atomic E-state index is 11.4. The van der Waals surface area contributed by atoms with Crippen LogP contribution >= 0.6 is 11.8 Å². The van der Waals surface area contributed by atoms with Crippen molar-refractivity contribution in [1.29, 1.82) is 0 Å². The average molecular weight is 321 g/mol. The maximum Gasteiger partial charge on any atom is 0.327 e. The number of carboxylic acid groups (broad SMARTS) is 1. The zero-order valence-corrected chi connectivity index (χ0v) is 12.6. The molecule has 21 heavy (non-hydrogen) atoms. The van der Waals surface area contributed by atoms with Crippen molar-refractivity contribution >= 4 is 35.6 Å². The van der Waals surface area contributed by atoms with E-state index in [-0.39, 0.29) is 18.1 Å². The van der Waals surface area contributed by atoms with Gasteiger partial charge in [-0.3, -0.25) is 14.9 Å². The van der Waals surface area contributed by atoms with E-state index in [2.05, 4.69) is 16.0 Å². The minimum absolute atomic E-state index is 0.0215. The van der Waals surface area contributed by atoms with Crippen molar-refractivity contribution in [2.75, 3.05) is 31.8 Å². The summed E-state index contributed by atoms with van der Waals surface area (Å²) in [6, 6.07) is -1.72. The van der Waals surface area contributed by atoms with Gasteiger partial charge < -0.3 is 20.5 Å².